The number of urea groups is 1. The molecule has 3 saturated heterocycles. The molecule has 4 unspecified atom stereocenters. The van der Waals surface area contributed by atoms with Gasteiger partial charge >= 0.3 is 6.03 Å². The summed E-state index contributed by atoms with van der Waals surface area (Å²) in [5.74, 6) is 0.263. The van der Waals surface area contributed by atoms with E-state index in [0.717, 1.165) is 18.8 Å². The molecule has 28 heavy (non-hydrogen) atoms. The molecule has 3 aliphatic rings. The van der Waals surface area contributed by atoms with Crippen molar-refractivity contribution >= 4 is 17.6 Å². The van der Waals surface area contributed by atoms with Gasteiger partial charge in [-0.05, 0) is 24.5 Å². The van der Waals surface area contributed by atoms with Gasteiger partial charge in [0.1, 0.15) is 18.5 Å². The lowest BCUT2D eigenvalue weighted by Gasteiger charge is -2.46. The van der Waals surface area contributed by atoms with Crippen molar-refractivity contribution in [1.29, 1.82) is 0 Å². The molecule has 4 atom stereocenters. The number of anilines is 1. The summed E-state index contributed by atoms with van der Waals surface area (Å²) in [5, 5.41) is 3.56. The minimum absolute atomic E-state index is 0.117. The number of para-hydroxylation sites is 1. The lowest BCUT2D eigenvalue weighted by atomic mass is 10.0. The van der Waals surface area contributed by atoms with Crippen LogP contribution in [0.2, 0.25) is 0 Å². The second-order valence-corrected chi connectivity index (χ2v) is 8.05. The summed E-state index contributed by atoms with van der Waals surface area (Å²) in [6.07, 6.45) is -0.450. The molecule has 3 aliphatic heterocycles. The Bertz CT molecular complexity index is 772. The van der Waals surface area contributed by atoms with E-state index in [9.17, 15) is 9.59 Å². The Balaban J connectivity index is 1.67. The van der Waals surface area contributed by atoms with Crippen LogP contribution in [0, 0.1) is 12.8 Å². The first kappa shape index (κ1) is 19.2. The average molecular weight is 387 g/mol. The van der Waals surface area contributed by atoms with Crippen molar-refractivity contribution in [2.75, 3.05) is 45.3 Å². The fraction of sp³-hybridized carbons (Fsp3) is 0.600. The van der Waals surface area contributed by atoms with E-state index in [0.29, 0.717) is 12.5 Å². The summed E-state index contributed by atoms with van der Waals surface area (Å²) in [6, 6.07) is 7.65. The van der Waals surface area contributed by atoms with Crippen molar-refractivity contribution in [3.63, 3.8) is 0 Å². The first-order valence-electron chi connectivity index (χ1n) is 9.85. The summed E-state index contributed by atoms with van der Waals surface area (Å²) in [5.41, 5.74) is 2.36. The Morgan fingerprint density at radius 2 is 1.96 bits per heavy atom. The van der Waals surface area contributed by atoms with Crippen LogP contribution in [0.5, 0.6) is 0 Å². The van der Waals surface area contributed by atoms with Gasteiger partial charge in [0.25, 0.3) is 5.91 Å². The van der Waals surface area contributed by atoms with E-state index in [1.54, 1.807) is 19.1 Å². The number of hydrogen-bond donors (Lipinski definition) is 1. The normalized spacial score (nSPS) is 30.6. The van der Waals surface area contributed by atoms with Crippen molar-refractivity contribution in [2.45, 2.75) is 32.3 Å². The Kier molecular flexibility index (Phi) is 5.03. The molecule has 1 aromatic rings. The highest BCUT2D eigenvalue weighted by molar-refractivity contribution is 6.00. The van der Waals surface area contributed by atoms with Gasteiger partial charge in [-0.1, -0.05) is 25.1 Å². The predicted molar refractivity (Wildman–Crippen MR) is 106 cm³/mol. The second kappa shape index (κ2) is 7.35. The third-order valence-electron chi connectivity index (χ3n) is 6.03. The van der Waals surface area contributed by atoms with Crippen LogP contribution < -0.4 is 10.2 Å². The molecular weight excluding hydrogens is 358 g/mol. The Morgan fingerprint density at radius 3 is 2.68 bits per heavy atom. The number of carbonyl (C=O) groups is 2. The molecule has 1 N–H and O–H groups in total. The van der Waals surface area contributed by atoms with Gasteiger partial charge in [-0.2, -0.15) is 0 Å². The number of hydrogen-bond acceptors (Lipinski definition) is 6. The molecule has 8 heteroatoms. The predicted octanol–water partition coefficient (Wildman–Crippen LogP) is 0.875. The summed E-state index contributed by atoms with van der Waals surface area (Å²) < 4.78 is 5.10. The van der Waals surface area contributed by atoms with Crippen molar-refractivity contribution in [2.24, 2.45) is 5.92 Å². The fourth-order valence-corrected chi connectivity index (χ4v) is 4.68. The lowest BCUT2D eigenvalue weighted by Crippen LogP contribution is -2.67. The van der Waals surface area contributed by atoms with Gasteiger partial charge in [0.2, 0.25) is 0 Å². The first-order chi connectivity index (χ1) is 13.4. The van der Waals surface area contributed by atoms with Gasteiger partial charge < -0.3 is 14.5 Å². The zero-order valence-electron chi connectivity index (χ0n) is 17.0. The van der Waals surface area contributed by atoms with Crippen molar-refractivity contribution in [1.82, 2.24) is 20.0 Å². The van der Waals surface area contributed by atoms with E-state index >= 15 is 0 Å². The molecule has 3 amide bonds. The monoisotopic (exact) mass is 387 g/mol. The molecule has 0 aliphatic carbocycles. The Labute approximate surface area is 166 Å². The molecule has 0 radical (unpaired) electrons. The van der Waals surface area contributed by atoms with Crippen LogP contribution in [-0.4, -0.2) is 85.5 Å². The molecule has 0 aromatic heterocycles. The molecule has 3 fully saturated rings. The van der Waals surface area contributed by atoms with Crippen molar-refractivity contribution in [3.8, 4) is 0 Å². The van der Waals surface area contributed by atoms with Crippen LogP contribution in [0.1, 0.15) is 12.5 Å². The molecule has 0 saturated carbocycles. The number of methoxy groups -OCH3 is 1. The third-order valence-corrected chi connectivity index (χ3v) is 6.03. The van der Waals surface area contributed by atoms with Gasteiger partial charge in [0.05, 0.1) is 13.2 Å². The van der Waals surface area contributed by atoms with E-state index in [1.807, 2.05) is 12.1 Å². The lowest BCUT2D eigenvalue weighted by molar-refractivity contribution is -0.139. The molecule has 0 bridgehead atoms. The van der Waals surface area contributed by atoms with E-state index in [-0.39, 0.29) is 37.0 Å². The van der Waals surface area contributed by atoms with E-state index in [2.05, 4.69) is 41.1 Å². The number of nitrogens with one attached hydrogen (secondary N) is 1. The highest BCUT2D eigenvalue weighted by Crippen LogP contribution is 2.35. The largest absolute Gasteiger partial charge is 0.383 e. The van der Waals surface area contributed by atoms with Crippen LogP contribution >= 0.6 is 0 Å². The number of amides is 3. The number of benzene rings is 1. The van der Waals surface area contributed by atoms with E-state index in [4.69, 9.17) is 4.74 Å². The number of ether oxygens (including phenoxy) is 1. The van der Waals surface area contributed by atoms with Gasteiger partial charge in [-0.3, -0.25) is 19.9 Å². The minimum atomic E-state index is -0.390. The maximum atomic E-state index is 13.3. The summed E-state index contributed by atoms with van der Waals surface area (Å²) in [4.78, 5) is 33.6. The highest BCUT2D eigenvalue weighted by atomic mass is 16.5. The maximum absolute atomic E-state index is 13.3. The fourth-order valence-electron chi connectivity index (χ4n) is 4.68. The van der Waals surface area contributed by atoms with Gasteiger partial charge in [0.15, 0.2) is 0 Å². The summed E-state index contributed by atoms with van der Waals surface area (Å²) >= 11 is 0. The molecule has 4 rings (SSSR count). The van der Waals surface area contributed by atoms with Crippen molar-refractivity contribution < 1.29 is 14.3 Å². The molecule has 152 valence electrons. The minimum Gasteiger partial charge on any atom is -0.383 e. The van der Waals surface area contributed by atoms with Crippen molar-refractivity contribution in [3.05, 3.63) is 29.8 Å². The first-order valence-corrected chi connectivity index (χ1v) is 9.85. The highest BCUT2D eigenvalue weighted by Gasteiger charge is 2.56. The zero-order valence-corrected chi connectivity index (χ0v) is 17.0. The number of likely N-dealkylation sites (N-methyl/N-ethyl adjacent to an activating group) is 1. The maximum Gasteiger partial charge on any atom is 0.327 e. The Hall–Kier alpha value is -2.16. The van der Waals surface area contributed by atoms with Crippen LogP contribution in [0.15, 0.2) is 24.3 Å². The van der Waals surface area contributed by atoms with Gasteiger partial charge in [0, 0.05) is 32.9 Å². The molecule has 3 heterocycles. The average Bonchev–Trinajstić information content (AvgIpc) is 3.06. The smallest absolute Gasteiger partial charge is 0.327 e. The van der Waals surface area contributed by atoms with Crippen LogP contribution in [0.4, 0.5) is 10.5 Å². The van der Waals surface area contributed by atoms with E-state index < -0.39 is 0 Å². The third kappa shape index (κ3) is 2.96. The topological polar surface area (TPSA) is 68.4 Å². The SMILES string of the molecule is COCCN1C(=O)C2C(NC3N(c4ccccc4C)CC(C)CN23)N(C)C1=O. The molecule has 8 nitrogen and oxygen atoms in total. The second-order valence-electron chi connectivity index (χ2n) is 8.05. The summed E-state index contributed by atoms with van der Waals surface area (Å²) in [7, 11) is 3.34. The number of imide groups is 1. The number of carbonyl (C=O) groups excluding carboxylic acids is 2. The van der Waals surface area contributed by atoms with Crippen LogP contribution in [0.25, 0.3) is 0 Å². The van der Waals surface area contributed by atoms with Crippen LogP contribution in [0.3, 0.4) is 0 Å². The van der Waals surface area contributed by atoms with Crippen LogP contribution in [-0.2, 0) is 9.53 Å². The molecule has 0 spiro atoms. The van der Waals surface area contributed by atoms with Gasteiger partial charge in [-0.15, -0.1) is 0 Å². The molecular formula is C20H29N5O3. The number of aryl methyl sites for hydroxylation is 1. The van der Waals surface area contributed by atoms with Gasteiger partial charge in [-0.25, -0.2) is 4.79 Å². The summed E-state index contributed by atoms with van der Waals surface area (Å²) in [6.45, 7) is 6.64. The Morgan fingerprint density at radius 1 is 1.21 bits per heavy atom. The molecule has 1 aromatic carbocycles. The number of rotatable bonds is 4. The zero-order chi connectivity index (χ0) is 20.0. The quantitative estimate of drug-likeness (QED) is 0.827. The number of fused-ring (bicyclic) bond motifs is 3. The van der Waals surface area contributed by atoms with E-state index in [1.165, 1.54) is 10.5 Å². The number of nitrogens with zero attached hydrogens (tertiary/aromatic N) is 4. The standard InChI is InChI=1S/C20H29N5O3/c1-13-11-24(15-8-6-5-7-14(15)2)19-21-17-16(25(19)12-13)18(26)23(9-10-28-4)20(27)22(17)3/h5-8,13,16-17,19,21H,9-12H2,1-4H3.